The molecule has 0 aliphatic carbocycles. The first kappa shape index (κ1) is 12.9. The number of carboxylic acid groups (broad SMARTS) is 1. The van der Waals surface area contributed by atoms with Crippen molar-refractivity contribution in [1.29, 1.82) is 0 Å². The van der Waals surface area contributed by atoms with Gasteiger partial charge in [0.15, 0.2) is 5.76 Å². The molecule has 0 unspecified atom stereocenters. The normalized spacial score (nSPS) is 10.5. The fourth-order valence-corrected chi connectivity index (χ4v) is 1.88. The van der Waals surface area contributed by atoms with E-state index in [-0.39, 0.29) is 11.5 Å². The van der Waals surface area contributed by atoms with Crippen molar-refractivity contribution < 1.29 is 19.1 Å². The molecule has 0 bridgehead atoms. The summed E-state index contributed by atoms with van der Waals surface area (Å²) in [7, 11) is 0. The molecule has 0 spiro atoms. The minimum Gasteiger partial charge on any atom is -0.475 e. The van der Waals surface area contributed by atoms with Crippen molar-refractivity contribution in [2.24, 2.45) is 0 Å². The van der Waals surface area contributed by atoms with Crippen LogP contribution in [0.25, 0.3) is 5.69 Å². The van der Waals surface area contributed by atoms with Gasteiger partial charge in [0.2, 0.25) is 11.5 Å². The monoisotopic (exact) mass is 282 g/mol. The molecule has 0 aliphatic rings. The highest BCUT2D eigenvalue weighted by atomic mass is 16.4. The van der Waals surface area contributed by atoms with Crippen LogP contribution in [0.4, 0.5) is 0 Å². The van der Waals surface area contributed by atoms with E-state index in [2.05, 4.69) is 5.10 Å². The van der Waals surface area contributed by atoms with E-state index < -0.39 is 11.8 Å². The smallest absolute Gasteiger partial charge is 0.371 e. The molecule has 1 N–H and O–H groups in total. The van der Waals surface area contributed by atoms with Crippen molar-refractivity contribution in [3.05, 3.63) is 71.9 Å². The molecule has 0 aliphatic heterocycles. The number of rotatable bonds is 4. The van der Waals surface area contributed by atoms with E-state index in [9.17, 15) is 9.59 Å². The predicted molar refractivity (Wildman–Crippen MR) is 72.7 cm³/mol. The molecule has 1 aromatic carbocycles. The van der Waals surface area contributed by atoms with E-state index in [1.165, 1.54) is 18.3 Å². The van der Waals surface area contributed by atoms with E-state index in [4.69, 9.17) is 9.52 Å². The number of carboxylic acids is 1. The molecule has 21 heavy (non-hydrogen) atoms. The number of hydrogen-bond donors (Lipinski definition) is 1. The van der Waals surface area contributed by atoms with Crippen LogP contribution in [0.3, 0.4) is 0 Å². The summed E-state index contributed by atoms with van der Waals surface area (Å²) in [6.45, 7) is 0. The van der Waals surface area contributed by atoms with Crippen molar-refractivity contribution in [3.8, 4) is 5.69 Å². The molecule has 2 aromatic heterocycles. The molecular weight excluding hydrogens is 272 g/mol. The summed E-state index contributed by atoms with van der Waals surface area (Å²) in [5.74, 6) is -1.92. The Bertz CT molecular complexity index is 802. The Kier molecular flexibility index (Phi) is 3.12. The van der Waals surface area contributed by atoms with E-state index in [0.717, 1.165) is 5.69 Å². The van der Waals surface area contributed by atoms with Gasteiger partial charge in [-0.2, -0.15) is 5.10 Å². The Hall–Kier alpha value is -3.15. The topological polar surface area (TPSA) is 85.3 Å². The third kappa shape index (κ3) is 2.46. The van der Waals surface area contributed by atoms with E-state index in [1.807, 2.05) is 30.3 Å². The fourth-order valence-electron chi connectivity index (χ4n) is 1.88. The summed E-state index contributed by atoms with van der Waals surface area (Å²) in [6.07, 6.45) is 2.99. The number of aromatic nitrogens is 2. The first-order valence-corrected chi connectivity index (χ1v) is 6.13. The second-order valence-corrected chi connectivity index (χ2v) is 4.31. The maximum absolute atomic E-state index is 12.2. The summed E-state index contributed by atoms with van der Waals surface area (Å²) < 4.78 is 6.55. The quantitative estimate of drug-likeness (QED) is 0.742. The summed E-state index contributed by atoms with van der Waals surface area (Å²) in [5.41, 5.74) is 1.15. The summed E-state index contributed by atoms with van der Waals surface area (Å²) in [5, 5.41) is 12.9. The van der Waals surface area contributed by atoms with Gasteiger partial charge in [-0.25, -0.2) is 9.48 Å². The van der Waals surface area contributed by atoms with Crippen LogP contribution in [0, 0.1) is 0 Å². The third-order valence-corrected chi connectivity index (χ3v) is 2.91. The van der Waals surface area contributed by atoms with Crippen molar-refractivity contribution in [2.45, 2.75) is 0 Å². The number of hydrogen-bond acceptors (Lipinski definition) is 4. The highest BCUT2D eigenvalue weighted by Crippen LogP contribution is 2.15. The van der Waals surface area contributed by atoms with Crippen molar-refractivity contribution >= 4 is 11.8 Å². The van der Waals surface area contributed by atoms with Gasteiger partial charge in [-0.1, -0.05) is 18.2 Å². The standard InChI is InChI=1S/C15H10N2O4/c18-14(12-6-7-13(21-12)15(19)20)10-8-16-17(9-10)11-4-2-1-3-5-11/h1-9H,(H,19,20). The Balaban J connectivity index is 1.89. The highest BCUT2D eigenvalue weighted by Gasteiger charge is 2.18. The zero-order valence-corrected chi connectivity index (χ0v) is 10.8. The van der Waals surface area contributed by atoms with Crippen LogP contribution in [0.1, 0.15) is 26.7 Å². The Morgan fingerprint density at radius 3 is 2.43 bits per heavy atom. The molecule has 104 valence electrons. The lowest BCUT2D eigenvalue weighted by Crippen LogP contribution is -1.99. The molecule has 3 rings (SSSR count). The molecule has 3 aromatic rings. The van der Waals surface area contributed by atoms with E-state index >= 15 is 0 Å². The number of ketones is 1. The maximum Gasteiger partial charge on any atom is 0.371 e. The number of benzene rings is 1. The molecular formula is C15H10N2O4. The van der Waals surface area contributed by atoms with Crippen LogP contribution in [0.2, 0.25) is 0 Å². The van der Waals surface area contributed by atoms with Gasteiger partial charge in [-0.15, -0.1) is 0 Å². The summed E-state index contributed by atoms with van der Waals surface area (Å²) >= 11 is 0. The second-order valence-electron chi connectivity index (χ2n) is 4.31. The molecule has 0 saturated carbocycles. The van der Waals surface area contributed by atoms with Crippen molar-refractivity contribution in [3.63, 3.8) is 0 Å². The molecule has 6 nitrogen and oxygen atoms in total. The van der Waals surface area contributed by atoms with Crippen LogP contribution in [0.15, 0.2) is 59.3 Å². The van der Waals surface area contributed by atoms with E-state index in [1.54, 1.807) is 10.9 Å². The third-order valence-electron chi connectivity index (χ3n) is 2.91. The highest BCUT2D eigenvalue weighted by molar-refractivity contribution is 6.07. The van der Waals surface area contributed by atoms with Gasteiger partial charge < -0.3 is 9.52 Å². The number of furan rings is 1. The maximum atomic E-state index is 12.2. The fraction of sp³-hybridized carbons (Fsp3) is 0. The largest absolute Gasteiger partial charge is 0.475 e. The minimum atomic E-state index is -1.21. The average molecular weight is 282 g/mol. The number of nitrogens with zero attached hydrogens (tertiary/aromatic N) is 2. The first-order valence-electron chi connectivity index (χ1n) is 6.13. The first-order chi connectivity index (χ1) is 10.1. The summed E-state index contributed by atoms with van der Waals surface area (Å²) in [4.78, 5) is 22.9. The van der Waals surface area contributed by atoms with E-state index in [0.29, 0.717) is 5.56 Å². The average Bonchev–Trinajstić information content (AvgIpc) is 3.17. The van der Waals surface area contributed by atoms with Gasteiger partial charge in [-0.3, -0.25) is 4.79 Å². The van der Waals surface area contributed by atoms with Gasteiger partial charge in [0.25, 0.3) is 0 Å². The zero-order chi connectivity index (χ0) is 14.8. The molecule has 2 heterocycles. The number of carbonyl (C=O) groups excluding carboxylic acids is 1. The minimum absolute atomic E-state index is 0.0278. The number of carbonyl (C=O) groups is 2. The molecule has 6 heteroatoms. The lowest BCUT2D eigenvalue weighted by Gasteiger charge is -1.98. The molecule has 0 radical (unpaired) electrons. The lowest BCUT2D eigenvalue weighted by molar-refractivity contribution is 0.0660. The second kappa shape index (κ2) is 5.09. The molecule has 0 saturated heterocycles. The van der Waals surface area contributed by atoms with Crippen LogP contribution in [-0.4, -0.2) is 26.6 Å². The lowest BCUT2D eigenvalue weighted by atomic mass is 10.2. The zero-order valence-electron chi connectivity index (χ0n) is 10.8. The van der Waals surface area contributed by atoms with Crippen LogP contribution < -0.4 is 0 Å². The van der Waals surface area contributed by atoms with Crippen LogP contribution in [-0.2, 0) is 0 Å². The number of aromatic carboxylic acids is 1. The molecule has 0 amide bonds. The van der Waals surface area contributed by atoms with Gasteiger partial charge in [0.05, 0.1) is 17.4 Å². The van der Waals surface area contributed by atoms with Crippen molar-refractivity contribution in [1.82, 2.24) is 9.78 Å². The van der Waals surface area contributed by atoms with Gasteiger partial charge in [0.1, 0.15) is 0 Å². The Morgan fingerprint density at radius 1 is 1.05 bits per heavy atom. The Morgan fingerprint density at radius 2 is 1.76 bits per heavy atom. The summed E-state index contributed by atoms with van der Waals surface area (Å²) in [6, 6.07) is 11.9. The predicted octanol–water partition coefficient (Wildman–Crippen LogP) is 2.39. The van der Waals surface area contributed by atoms with Gasteiger partial charge in [0, 0.05) is 6.20 Å². The SMILES string of the molecule is O=C(O)c1ccc(C(=O)c2cnn(-c3ccccc3)c2)o1. The Labute approximate surface area is 119 Å². The van der Waals surface area contributed by atoms with Crippen LogP contribution in [0.5, 0.6) is 0 Å². The van der Waals surface area contributed by atoms with Crippen molar-refractivity contribution in [2.75, 3.05) is 0 Å². The van der Waals surface area contributed by atoms with Gasteiger partial charge in [-0.05, 0) is 24.3 Å². The van der Waals surface area contributed by atoms with Crippen LogP contribution >= 0.6 is 0 Å². The number of para-hydroxylation sites is 1. The molecule has 0 atom stereocenters. The molecule has 0 fully saturated rings. The van der Waals surface area contributed by atoms with Gasteiger partial charge >= 0.3 is 5.97 Å².